The summed E-state index contributed by atoms with van der Waals surface area (Å²) in [6, 6.07) is 38.0. The van der Waals surface area contributed by atoms with Crippen LogP contribution < -0.4 is 4.34 Å². The molecule has 5 rings (SSSR count). The molecule has 3 aromatic carbocycles. The van der Waals surface area contributed by atoms with E-state index in [0.29, 0.717) is 0 Å². The standard InChI is InChI=1S/C23H27NP.C11H9N/c1-4-11-19-14-9-10-15-21(19)23-16-18(3)22(17-24(23)25-5-2)20-12-7-6-8-13-20;1-2-6-10(7-3-1)11-8-4-5-9-12-11/h6-10,12-17,25H,4-5,11H2,1-3H3;1-9H/q+1;. The van der Waals surface area contributed by atoms with Crippen LogP contribution in [0.4, 0.5) is 0 Å². The molecule has 0 spiro atoms. The predicted molar refractivity (Wildman–Crippen MR) is 160 cm³/mol. The van der Waals surface area contributed by atoms with E-state index < -0.39 is 0 Å². The first-order valence-corrected chi connectivity index (χ1v) is 14.3. The van der Waals surface area contributed by atoms with Gasteiger partial charge in [0.1, 0.15) is 0 Å². The monoisotopic (exact) mass is 503 g/mol. The summed E-state index contributed by atoms with van der Waals surface area (Å²) in [5.74, 6) is 0. The van der Waals surface area contributed by atoms with Crippen LogP contribution in [-0.4, -0.2) is 11.1 Å². The molecule has 0 saturated heterocycles. The van der Waals surface area contributed by atoms with Gasteiger partial charge in [0.05, 0.1) is 5.69 Å². The molecule has 1 unspecified atom stereocenters. The van der Waals surface area contributed by atoms with Crippen LogP contribution in [0, 0.1) is 6.92 Å². The van der Waals surface area contributed by atoms with E-state index in [1.807, 2.05) is 42.6 Å². The number of benzene rings is 3. The lowest BCUT2D eigenvalue weighted by atomic mass is 9.97. The first-order chi connectivity index (χ1) is 18.2. The molecule has 0 N–H and O–H groups in total. The molecule has 186 valence electrons. The lowest BCUT2D eigenvalue weighted by molar-refractivity contribution is -0.492. The molecule has 2 aromatic heterocycles. The number of hydrogen-bond acceptors (Lipinski definition) is 1. The number of pyridine rings is 2. The molecule has 2 nitrogen and oxygen atoms in total. The molecule has 0 amide bonds. The molecule has 0 aliphatic carbocycles. The van der Waals surface area contributed by atoms with E-state index in [4.69, 9.17) is 0 Å². The van der Waals surface area contributed by atoms with Crippen molar-refractivity contribution >= 4 is 8.73 Å². The molecule has 0 saturated carbocycles. The largest absolute Gasteiger partial charge is 0.256 e. The second-order valence-corrected chi connectivity index (χ2v) is 10.5. The fraction of sp³-hybridized carbons (Fsp3) is 0.176. The first kappa shape index (κ1) is 26.5. The fourth-order valence-corrected chi connectivity index (χ4v) is 5.40. The summed E-state index contributed by atoms with van der Waals surface area (Å²) in [6.45, 7) is 6.74. The molecular formula is C34H36N2P+. The summed E-state index contributed by atoms with van der Waals surface area (Å²) in [6.07, 6.45) is 7.62. The molecule has 2 heterocycles. The highest BCUT2D eigenvalue weighted by Crippen LogP contribution is 2.30. The zero-order valence-corrected chi connectivity index (χ0v) is 23.1. The zero-order valence-electron chi connectivity index (χ0n) is 22.1. The average Bonchev–Trinajstić information content (AvgIpc) is 2.96. The predicted octanol–water partition coefficient (Wildman–Crippen LogP) is 8.78. The van der Waals surface area contributed by atoms with E-state index in [1.54, 1.807) is 0 Å². The highest BCUT2D eigenvalue weighted by atomic mass is 31.1. The number of rotatable bonds is 7. The maximum absolute atomic E-state index is 4.25. The number of aromatic nitrogens is 2. The number of aryl methyl sites for hydroxylation is 2. The summed E-state index contributed by atoms with van der Waals surface area (Å²) in [7, 11) is 0.764. The Morgan fingerprint density at radius 1 is 0.703 bits per heavy atom. The molecule has 1 atom stereocenters. The van der Waals surface area contributed by atoms with Crippen LogP contribution in [0.3, 0.4) is 0 Å². The minimum absolute atomic E-state index is 0.764. The Morgan fingerprint density at radius 2 is 1.35 bits per heavy atom. The van der Waals surface area contributed by atoms with E-state index in [1.165, 1.54) is 39.9 Å². The molecule has 5 aromatic rings. The normalized spacial score (nSPS) is 10.8. The summed E-state index contributed by atoms with van der Waals surface area (Å²) >= 11 is 0. The van der Waals surface area contributed by atoms with Crippen molar-refractivity contribution in [2.45, 2.75) is 33.6 Å². The minimum Gasteiger partial charge on any atom is -0.256 e. The van der Waals surface area contributed by atoms with Gasteiger partial charge < -0.3 is 0 Å². The number of hydrogen-bond donors (Lipinski definition) is 0. The molecule has 3 heteroatoms. The van der Waals surface area contributed by atoms with Gasteiger partial charge in [-0.2, -0.15) is 4.34 Å². The van der Waals surface area contributed by atoms with Crippen molar-refractivity contribution < 1.29 is 4.34 Å². The maximum atomic E-state index is 4.25. The van der Waals surface area contributed by atoms with E-state index in [0.717, 1.165) is 32.6 Å². The fourth-order valence-electron chi connectivity index (χ4n) is 4.48. The van der Waals surface area contributed by atoms with E-state index >= 15 is 0 Å². The highest BCUT2D eigenvalue weighted by molar-refractivity contribution is 7.30. The Kier molecular flexibility index (Phi) is 9.74. The lowest BCUT2D eigenvalue weighted by Crippen LogP contribution is -2.27. The molecule has 37 heavy (non-hydrogen) atoms. The zero-order chi connectivity index (χ0) is 25.9. The Hall–Kier alpha value is -3.61. The van der Waals surface area contributed by atoms with Gasteiger partial charge in [-0.1, -0.05) is 105 Å². The smallest absolute Gasteiger partial charge is 0.213 e. The molecule has 0 aliphatic heterocycles. The van der Waals surface area contributed by atoms with E-state index in [9.17, 15) is 0 Å². The second kappa shape index (κ2) is 13.6. The van der Waals surface area contributed by atoms with Crippen LogP contribution in [-0.2, 0) is 6.42 Å². The molecular weight excluding hydrogens is 467 g/mol. The third-order valence-corrected chi connectivity index (χ3v) is 7.28. The van der Waals surface area contributed by atoms with Gasteiger partial charge in [0.15, 0.2) is 14.9 Å². The SMILES string of the molecule is CCCc1ccccc1-c1cc(C)c(-c2ccccc2)c[n+]1PCC.c1ccc(-c2ccccn2)cc1. The van der Waals surface area contributed by atoms with E-state index in [2.05, 4.69) is 109 Å². The highest BCUT2D eigenvalue weighted by Gasteiger charge is 2.19. The van der Waals surface area contributed by atoms with Gasteiger partial charge in [0.2, 0.25) is 5.69 Å². The van der Waals surface area contributed by atoms with Crippen molar-refractivity contribution in [2.24, 2.45) is 0 Å². The van der Waals surface area contributed by atoms with Crippen molar-refractivity contribution in [1.29, 1.82) is 0 Å². The van der Waals surface area contributed by atoms with Crippen LogP contribution in [0.25, 0.3) is 33.6 Å². The molecule has 0 radical (unpaired) electrons. The first-order valence-electron chi connectivity index (χ1n) is 13.1. The Labute approximate surface area is 223 Å². The van der Waals surface area contributed by atoms with Gasteiger partial charge in [-0.05, 0) is 48.2 Å². The third-order valence-electron chi connectivity index (χ3n) is 6.26. The Morgan fingerprint density at radius 3 is 2.00 bits per heavy atom. The van der Waals surface area contributed by atoms with Crippen molar-refractivity contribution in [3.8, 4) is 33.6 Å². The van der Waals surface area contributed by atoms with E-state index in [-0.39, 0.29) is 0 Å². The minimum atomic E-state index is 0.764. The summed E-state index contributed by atoms with van der Waals surface area (Å²) in [5.41, 5.74) is 10.3. The van der Waals surface area contributed by atoms with Gasteiger partial charge in [0.25, 0.3) is 0 Å². The van der Waals surface area contributed by atoms with Crippen LogP contribution >= 0.6 is 8.73 Å². The topological polar surface area (TPSA) is 16.8 Å². The second-order valence-electron chi connectivity index (χ2n) is 8.99. The van der Waals surface area contributed by atoms with Gasteiger partial charge >= 0.3 is 0 Å². The van der Waals surface area contributed by atoms with Crippen molar-refractivity contribution in [3.63, 3.8) is 0 Å². The van der Waals surface area contributed by atoms with Crippen LogP contribution in [0.5, 0.6) is 0 Å². The van der Waals surface area contributed by atoms with Crippen molar-refractivity contribution in [1.82, 2.24) is 4.98 Å². The average molecular weight is 504 g/mol. The van der Waals surface area contributed by atoms with Crippen molar-refractivity contribution in [3.05, 3.63) is 133 Å². The summed E-state index contributed by atoms with van der Waals surface area (Å²) < 4.78 is 2.46. The van der Waals surface area contributed by atoms with Crippen LogP contribution in [0.2, 0.25) is 0 Å². The van der Waals surface area contributed by atoms with Gasteiger partial charge in [-0.3, -0.25) is 4.98 Å². The lowest BCUT2D eigenvalue weighted by Gasteiger charge is -2.12. The van der Waals surface area contributed by atoms with Gasteiger partial charge in [-0.25, -0.2) is 0 Å². The number of nitrogens with zero attached hydrogens (tertiary/aromatic N) is 2. The molecule has 0 aliphatic rings. The van der Waals surface area contributed by atoms with Crippen LogP contribution in [0.15, 0.2) is 122 Å². The quantitative estimate of drug-likeness (QED) is 0.203. The summed E-state index contributed by atoms with van der Waals surface area (Å²) in [5, 5.41) is 0. The van der Waals surface area contributed by atoms with Crippen LogP contribution in [0.1, 0.15) is 31.4 Å². The van der Waals surface area contributed by atoms with Gasteiger partial charge in [0, 0.05) is 35.1 Å². The summed E-state index contributed by atoms with van der Waals surface area (Å²) in [4.78, 5) is 4.25. The molecule has 0 bridgehead atoms. The Bertz CT molecular complexity index is 1350. The van der Waals surface area contributed by atoms with Crippen molar-refractivity contribution in [2.75, 3.05) is 6.16 Å². The van der Waals surface area contributed by atoms with Gasteiger partial charge in [-0.15, -0.1) is 0 Å². The maximum Gasteiger partial charge on any atom is 0.213 e. The third kappa shape index (κ3) is 7.00. The molecule has 0 fully saturated rings. The Balaban J connectivity index is 0.000000222.